The maximum atomic E-state index is 13.3. The number of fused-ring (bicyclic) bond motifs is 2. The van der Waals surface area contributed by atoms with E-state index < -0.39 is 23.7 Å². The molecule has 2 aromatic heterocycles. The fraction of sp³-hybridized carbons (Fsp3) is 0.100. The highest BCUT2D eigenvalue weighted by Gasteiger charge is 2.35. The summed E-state index contributed by atoms with van der Waals surface area (Å²) in [6, 6.07) is 14.1. The van der Waals surface area contributed by atoms with Crippen LogP contribution in [0.2, 0.25) is 0 Å². The van der Waals surface area contributed by atoms with Gasteiger partial charge in [0.25, 0.3) is 0 Å². The second-order valence-corrected chi connectivity index (χ2v) is 7.23. The van der Waals surface area contributed by atoms with E-state index in [0.717, 1.165) is 23.9 Å². The molecule has 0 saturated heterocycles. The molecular weight excluding hydrogens is 414 g/mol. The molecule has 0 aliphatic rings. The van der Waals surface area contributed by atoms with Crippen molar-refractivity contribution >= 4 is 33.6 Å². The van der Waals surface area contributed by atoms with Gasteiger partial charge in [-0.1, -0.05) is 48.2 Å². The highest BCUT2D eigenvalue weighted by atomic mass is 32.2. The summed E-state index contributed by atoms with van der Waals surface area (Å²) in [5.41, 5.74) is -1.99. The maximum Gasteiger partial charge on any atom is 0.433 e. The molecule has 0 unspecified atom stereocenters. The van der Waals surface area contributed by atoms with Crippen molar-refractivity contribution in [3.05, 3.63) is 72.1 Å². The summed E-state index contributed by atoms with van der Waals surface area (Å²) in [5.74, 6) is 0. The minimum Gasteiger partial charge on any atom is -0.243 e. The zero-order valence-corrected chi connectivity index (χ0v) is 15.2. The van der Waals surface area contributed by atoms with Gasteiger partial charge in [-0.15, -0.1) is 0 Å². The summed E-state index contributed by atoms with van der Waals surface area (Å²) in [6.07, 6.45) is -9.37. The molecule has 9 heteroatoms. The number of nitrogens with zero attached hydrogens (tertiary/aromatic N) is 2. The molecule has 0 atom stereocenters. The van der Waals surface area contributed by atoms with Gasteiger partial charge >= 0.3 is 12.4 Å². The highest BCUT2D eigenvalue weighted by molar-refractivity contribution is 7.99. The third kappa shape index (κ3) is 3.87. The van der Waals surface area contributed by atoms with Crippen molar-refractivity contribution in [2.24, 2.45) is 0 Å². The van der Waals surface area contributed by atoms with Crippen molar-refractivity contribution < 1.29 is 26.3 Å². The number of alkyl halides is 6. The molecule has 0 bridgehead atoms. The number of hydrogen-bond donors (Lipinski definition) is 0. The van der Waals surface area contributed by atoms with Crippen LogP contribution in [0.3, 0.4) is 0 Å². The zero-order valence-electron chi connectivity index (χ0n) is 14.3. The molecule has 4 rings (SSSR count). The van der Waals surface area contributed by atoms with Crippen LogP contribution < -0.4 is 0 Å². The summed E-state index contributed by atoms with van der Waals surface area (Å²) >= 11 is 0.827. The lowest BCUT2D eigenvalue weighted by Gasteiger charge is -2.14. The monoisotopic (exact) mass is 424 g/mol. The molecule has 2 heterocycles. The van der Waals surface area contributed by atoms with Crippen molar-refractivity contribution in [2.45, 2.75) is 22.1 Å². The smallest absolute Gasteiger partial charge is 0.243 e. The van der Waals surface area contributed by atoms with E-state index in [1.807, 2.05) is 0 Å². The molecular formula is C20H10F6N2S. The van der Waals surface area contributed by atoms with E-state index in [9.17, 15) is 26.3 Å². The van der Waals surface area contributed by atoms with Crippen LogP contribution in [0.4, 0.5) is 26.3 Å². The molecule has 0 aliphatic carbocycles. The molecule has 0 amide bonds. The van der Waals surface area contributed by atoms with E-state index in [4.69, 9.17) is 0 Å². The first-order valence-corrected chi connectivity index (χ1v) is 9.06. The third-order valence-electron chi connectivity index (χ3n) is 4.16. The van der Waals surface area contributed by atoms with Crippen LogP contribution in [-0.4, -0.2) is 9.97 Å². The first kappa shape index (κ1) is 19.5. The number of pyridine rings is 2. The van der Waals surface area contributed by atoms with Gasteiger partial charge in [0.2, 0.25) is 0 Å². The Labute approximate surface area is 164 Å². The number of hydrogen-bond acceptors (Lipinski definition) is 3. The van der Waals surface area contributed by atoms with E-state index in [1.54, 1.807) is 36.4 Å². The fourth-order valence-corrected chi connectivity index (χ4v) is 4.01. The predicted molar refractivity (Wildman–Crippen MR) is 97.6 cm³/mol. The lowest BCUT2D eigenvalue weighted by Crippen LogP contribution is -2.09. The largest absolute Gasteiger partial charge is 0.433 e. The molecule has 0 spiro atoms. The maximum absolute atomic E-state index is 13.3. The van der Waals surface area contributed by atoms with E-state index >= 15 is 0 Å². The van der Waals surface area contributed by atoms with Gasteiger partial charge in [0, 0.05) is 20.6 Å². The first-order valence-electron chi connectivity index (χ1n) is 8.25. The van der Waals surface area contributed by atoms with Gasteiger partial charge in [-0.2, -0.15) is 26.3 Å². The Balaban J connectivity index is 1.94. The van der Waals surface area contributed by atoms with Gasteiger partial charge in [-0.25, -0.2) is 9.97 Å². The molecule has 2 aromatic carbocycles. The Morgan fingerprint density at radius 2 is 0.966 bits per heavy atom. The predicted octanol–water partition coefficient (Wildman–Crippen LogP) is 6.97. The number of benzene rings is 2. The lowest BCUT2D eigenvalue weighted by atomic mass is 10.2. The summed E-state index contributed by atoms with van der Waals surface area (Å²) < 4.78 is 79.7. The SMILES string of the molecule is FC(F)(F)c1cc(Sc2cc(C(F)(F)F)nc3ccccc23)c2ccccc2n1. The molecule has 148 valence electrons. The van der Waals surface area contributed by atoms with E-state index in [1.165, 1.54) is 12.1 Å². The fourth-order valence-electron chi connectivity index (χ4n) is 2.86. The molecule has 0 N–H and O–H groups in total. The summed E-state index contributed by atoms with van der Waals surface area (Å²) in [4.78, 5) is 7.59. The molecule has 4 aromatic rings. The summed E-state index contributed by atoms with van der Waals surface area (Å²) in [7, 11) is 0. The number of halogens is 6. The topological polar surface area (TPSA) is 25.8 Å². The van der Waals surface area contributed by atoms with Crippen LogP contribution in [0.15, 0.2) is 70.5 Å². The van der Waals surface area contributed by atoms with Gasteiger partial charge in [0.15, 0.2) is 0 Å². The van der Waals surface area contributed by atoms with Crippen LogP contribution in [-0.2, 0) is 12.4 Å². The van der Waals surface area contributed by atoms with Gasteiger partial charge < -0.3 is 0 Å². The average Bonchev–Trinajstić information content (AvgIpc) is 2.66. The van der Waals surface area contributed by atoms with Gasteiger partial charge in [0.05, 0.1) is 11.0 Å². The second-order valence-electron chi connectivity index (χ2n) is 6.14. The highest BCUT2D eigenvalue weighted by Crippen LogP contribution is 2.41. The second kappa shape index (κ2) is 6.91. The summed E-state index contributed by atoms with van der Waals surface area (Å²) in [6.45, 7) is 0. The number of para-hydroxylation sites is 2. The van der Waals surface area contributed by atoms with Crippen molar-refractivity contribution in [3.63, 3.8) is 0 Å². The standard InChI is InChI=1S/C20H10F6N2S/c21-19(22,23)17-9-15(11-5-1-3-7-13(11)27-17)29-16-10-18(20(24,25)26)28-14-8-4-2-6-12(14)16/h1-10H. The Bertz CT molecular complexity index is 1120. The third-order valence-corrected chi connectivity index (χ3v) is 5.27. The Morgan fingerprint density at radius 3 is 1.34 bits per heavy atom. The number of rotatable bonds is 2. The average molecular weight is 424 g/mol. The minimum absolute atomic E-state index is 0.110. The quantitative estimate of drug-likeness (QED) is 0.325. The minimum atomic E-state index is -4.68. The van der Waals surface area contributed by atoms with E-state index in [2.05, 4.69) is 9.97 Å². The Hall–Kier alpha value is -2.81. The molecule has 0 saturated carbocycles. The van der Waals surface area contributed by atoms with Crippen molar-refractivity contribution in [3.8, 4) is 0 Å². The normalized spacial score (nSPS) is 12.6. The zero-order chi connectivity index (χ0) is 20.8. The van der Waals surface area contributed by atoms with Crippen molar-refractivity contribution in [1.29, 1.82) is 0 Å². The van der Waals surface area contributed by atoms with Gasteiger partial charge in [-0.3, -0.25) is 0 Å². The van der Waals surface area contributed by atoms with Crippen LogP contribution in [0.5, 0.6) is 0 Å². The Kier molecular flexibility index (Phi) is 4.65. The van der Waals surface area contributed by atoms with Crippen molar-refractivity contribution in [2.75, 3.05) is 0 Å². The van der Waals surface area contributed by atoms with Crippen molar-refractivity contribution in [1.82, 2.24) is 9.97 Å². The molecule has 29 heavy (non-hydrogen) atoms. The molecule has 0 fully saturated rings. The van der Waals surface area contributed by atoms with E-state index in [-0.39, 0.29) is 20.8 Å². The van der Waals surface area contributed by atoms with Crippen LogP contribution in [0.1, 0.15) is 11.4 Å². The number of aromatic nitrogens is 2. The molecule has 0 radical (unpaired) electrons. The van der Waals surface area contributed by atoms with Gasteiger partial charge in [0.1, 0.15) is 11.4 Å². The van der Waals surface area contributed by atoms with Crippen LogP contribution in [0.25, 0.3) is 21.8 Å². The Morgan fingerprint density at radius 1 is 0.586 bits per heavy atom. The summed E-state index contributed by atoms with van der Waals surface area (Å²) in [5, 5.41) is 0.833. The molecule has 0 aliphatic heterocycles. The van der Waals surface area contributed by atoms with Crippen LogP contribution >= 0.6 is 11.8 Å². The first-order chi connectivity index (χ1) is 13.6. The van der Waals surface area contributed by atoms with Gasteiger partial charge in [-0.05, 0) is 24.3 Å². The lowest BCUT2D eigenvalue weighted by molar-refractivity contribution is -0.141. The van der Waals surface area contributed by atoms with E-state index in [0.29, 0.717) is 10.8 Å². The van der Waals surface area contributed by atoms with Crippen LogP contribution in [0, 0.1) is 0 Å². The molecule has 2 nitrogen and oxygen atoms in total.